The van der Waals surface area contributed by atoms with Crippen LogP contribution >= 0.6 is 11.9 Å². The van der Waals surface area contributed by atoms with Crippen molar-refractivity contribution in [3.05, 3.63) is 54.2 Å². The van der Waals surface area contributed by atoms with Gasteiger partial charge in [0, 0.05) is 62.7 Å². The number of benzene rings is 1. The SMILES string of the molecule is FC1(F)CCN(c2ccc(SN3CCC(NCc4ccccc4)CC3)cn2)CC1. The Kier molecular flexibility index (Phi) is 6.67. The van der Waals surface area contributed by atoms with Gasteiger partial charge in [-0.3, -0.25) is 0 Å². The molecule has 0 unspecified atom stereocenters. The number of nitrogens with one attached hydrogen (secondary N) is 1. The molecular weight excluding hydrogens is 390 g/mol. The number of alkyl halides is 2. The Hall–Kier alpha value is -1.70. The Morgan fingerprint density at radius 1 is 1.00 bits per heavy atom. The molecule has 1 aromatic heterocycles. The highest BCUT2D eigenvalue weighted by Crippen LogP contribution is 2.31. The first-order chi connectivity index (χ1) is 14.1. The van der Waals surface area contributed by atoms with Gasteiger partial charge in [-0.1, -0.05) is 30.3 Å². The van der Waals surface area contributed by atoms with E-state index < -0.39 is 5.92 Å². The standard InChI is InChI=1S/C22H28F2N4S/c23-22(24)10-14-27(15-11-22)21-7-6-20(17-26-21)29-28-12-8-19(9-13-28)25-16-18-4-2-1-3-5-18/h1-7,17,19,25H,8-16H2. The first-order valence-electron chi connectivity index (χ1n) is 10.4. The molecule has 4 nitrogen and oxygen atoms in total. The van der Waals surface area contributed by atoms with Crippen molar-refractivity contribution in [2.75, 3.05) is 31.1 Å². The van der Waals surface area contributed by atoms with Crippen LogP contribution in [-0.4, -0.2) is 47.4 Å². The van der Waals surface area contributed by atoms with Gasteiger partial charge in [-0.2, -0.15) is 0 Å². The van der Waals surface area contributed by atoms with Crippen molar-refractivity contribution in [2.24, 2.45) is 0 Å². The number of aromatic nitrogens is 1. The van der Waals surface area contributed by atoms with E-state index in [0.717, 1.165) is 43.2 Å². The summed E-state index contributed by atoms with van der Waals surface area (Å²) in [4.78, 5) is 7.57. The predicted molar refractivity (Wildman–Crippen MR) is 114 cm³/mol. The van der Waals surface area contributed by atoms with E-state index in [1.54, 1.807) is 11.9 Å². The van der Waals surface area contributed by atoms with E-state index in [9.17, 15) is 8.78 Å². The Morgan fingerprint density at radius 3 is 2.38 bits per heavy atom. The quantitative estimate of drug-likeness (QED) is 0.694. The molecule has 0 spiro atoms. The lowest BCUT2D eigenvalue weighted by atomic mass is 10.1. The number of anilines is 1. The number of halogens is 2. The molecule has 2 aliphatic heterocycles. The van der Waals surface area contributed by atoms with Crippen LogP contribution in [0.25, 0.3) is 0 Å². The molecule has 3 heterocycles. The number of piperidine rings is 2. The van der Waals surface area contributed by atoms with Gasteiger partial charge >= 0.3 is 0 Å². The maximum absolute atomic E-state index is 13.3. The number of hydrogen-bond acceptors (Lipinski definition) is 5. The molecule has 2 aromatic rings. The fourth-order valence-electron chi connectivity index (χ4n) is 3.83. The highest BCUT2D eigenvalue weighted by atomic mass is 32.2. The first-order valence-corrected chi connectivity index (χ1v) is 11.1. The Morgan fingerprint density at radius 2 is 1.72 bits per heavy atom. The van der Waals surface area contributed by atoms with Crippen LogP contribution in [0, 0.1) is 0 Å². The third kappa shape index (κ3) is 5.90. The van der Waals surface area contributed by atoms with Gasteiger partial charge < -0.3 is 10.2 Å². The average molecular weight is 419 g/mol. The molecule has 0 amide bonds. The molecule has 2 saturated heterocycles. The minimum atomic E-state index is -2.52. The van der Waals surface area contributed by atoms with E-state index in [-0.39, 0.29) is 12.8 Å². The van der Waals surface area contributed by atoms with Crippen LogP contribution in [0.1, 0.15) is 31.2 Å². The predicted octanol–water partition coefficient (Wildman–Crippen LogP) is 4.58. The van der Waals surface area contributed by atoms with Gasteiger partial charge in [0.05, 0.1) is 0 Å². The largest absolute Gasteiger partial charge is 0.356 e. The lowest BCUT2D eigenvalue weighted by Crippen LogP contribution is -2.40. The maximum atomic E-state index is 13.3. The molecular formula is C22H28F2N4S. The topological polar surface area (TPSA) is 31.4 Å². The van der Waals surface area contributed by atoms with Crippen molar-refractivity contribution < 1.29 is 8.78 Å². The third-order valence-electron chi connectivity index (χ3n) is 5.67. The molecule has 0 radical (unpaired) electrons. The highest BCUT2D eigenvalue weighted by Gasteiger charge is 2.34. The van der Waals surface area contributed by atoms with Crippen molar-refractivity contribution in [3.8, 4) is 0 Å². The second-order valence-corrected chi connectivity index (χ2v) is 9.03. The van der Waals surface area contributed by atoms with Crippen LogP contribution in [0.15, 0.2) is 53.6 Å². The van der Waals surface area contributed by atoms with E-state index in [1.807, 2.05) is 23.2 Å². The fraction of sp³-hybridized carbons (Fsp3) is 0.500. The Bertz CT molecular complexity index is 754. The van der Waals surface area contributed by atoms with Gasteiger partial charge in [0.25, 0.3) is 5.92 Å². The summed E-state index contributed by atoms with van der Waals surface area (Å²) in [7, 11) is 0. The van der Waals surface area contributed by atoms with Gasteiger partial charge in [-0.25, -0.2) is 18.1 Å². The van der Waals surface area contributed by atoms with E-state index >= 15 is 0 Å². The van der Waals surface area contributed by atoms with Gasteiger partial charge in [0.15, 0.2) is 0 Å². The summed E-state index contributed by atoms with van der Waals surface area (Å²) in [6.45, 7) is 3.75. The average Bonchev–Trinajstić information content (AvgIpc) is 2.75. The lowest BCUT2D eigenvalue weighted by molar-refractivity contribution is -0.0221. The van der Waals surface area contributed by atoms with Crippen molar-refractivity contribution in [1.29, 1.82) is 0 Å². The summed E-state index contributed by atoms with van der Waals surface area (Å²) in [6, 6.07) is 15.1. The normalized spacial score (nSPS) is 20.7. The third-order valence-corrected chi connectivity index (χ3v) is 6.74. The minimum absolute atomic E-state index is 0.0849. The Balaban J connectivity index is 1.20. The number of hydrogen-bond donors (Lipinski definition) is 1. The molecule has 1 aromatic carbocycles. The van der Waals surface area contributed by atoms with Crippen LogP contribution in [0.2, 0.25) is 0 Å². The molecule has 0 atom stereocenters. The molecule has 2 aliphatic rings. The zero-order valence-electron chi connectivity index (χ0n) is 16.6. The van der Waals surface area contributed by atoms with Crippen molar-refractivity contribution >= 4 is 17.8 Å². The summed E-state index contributed by atoms with van der Waals surface area (Å²) in [5, 5.41) is 3.66. The molecule has 0 aliphatic carbocycles. The Labute approximate surface area is 175 Å². The summed E-state index contributed by atoms with van der Waals surface area (Å²) in [5.74, 6) is -1.72. The van der Waals surface area contributed by atoms with Gasteiger partial charge in [-0.05, 0) is 42.5 Å². The molecule has 29 heavy (non-hydrogen) atoms. The minimum Gasteiger partial charge on any atom is -0.356 e. The first kappa shape index (κ1) is 20.6. The molecule has 4 rings (SSSR count). The number of pyridine rings is 1. The molecule has 0 saturated carbocycles. The number of nitrogens with zero attached hydrogens (tertiary/aromatic N) is 3. The summed E-state index contributed by atoms with van der Waals surface area (Å²) in [6.07, 6.45) is 3.96. The van der Waals surface area contributed by atoms with Crippen molar-refractivity contribution in [3.63, 3.8) is 0 Å². The van der Waals surface area contributed by atoms with Crippen LogP contribution in [0.4, 0.5) is 14.6 Å². The summed E-state index contributed by atoms with van der Waals surface area (Å²) >= 11 is 1.74. The van der Waals surface area contributed by atoms with Crippen LogP contribution < -0.4 is 10.2 Å². The second kappa shape index (κ2) is 9.41. The molecule has 7 heteroatoms. The van der Waals surface area contributed by atoms with Crippen molar-refractivity contribution in [1.82, 2.24) is 14.6 Å². The second-order valence-electron chi connectivity index (χ2n) is 7.86. The monoisotopic (exact) mass is 418 g/mol. The van der Waals surface area contributed by atoms with Gasteiger partial charge in [0.1, 0.15) is 5.82 Å². The molecule has 2 fully saturated rings. The number of rotatable bonds is 6. The van der Waals surface area contributed by atoms with E-state index in [1.165, 1.54) is 5.56 Å². The lowest BCUT2D eigenvalue weighted by Gasteiger charge is -2.33. The summed E-state index contributed by atoms with van der Waals surface area (Å²) < 4.78 is 29.0. The zero-order chi connectivity index (χ0) is 20.1. The zero-order valence-corrected chi connectivity index (χ0v) is 17.4. The van der Waals surface area contributed by atoms with E-state index in [2.05, 4.69) is 44.9 Å². The maximum Gasteiger partial charge on any atom is 0.251 e. The molecule has 0 bridgehead atoms. The van der Waals surface area contributed by atoms with Crippen LogP contribution in [0.5, 0.6) is 0 Å². The smallest absolute Gasteiger partial charge is 0.251 e. The van der Waals surface area contributed by atoms with Crippen molar-refractivity contribution in [2.45, 2.75) is 49.1 Å². The van der Waals surface area contributed by atoms with Crippen LogP contribution in [0.3, 0.4) is 0 Å². The van der Waals surface area contributed by atoms with E-state index in [4.69, 9.17) is 0 Å². The summed E-state index contributed by atoms with van der Waals surface area (Å²) in [5.41, 5.74) is 1.33. The van der Waals surface area contributed by atoms with Crippen LogP contribution in [-0.2, 0) is 6.54 Å². The van der Waals surface area contributed by atoms with Gasteiger partial charge in [-0.15, -0.1) is 0 Å². The molecule has 1 N–H and O–H groups in total. The highest BCUT2D eigenvalue weighted by molar-refractivity contribution is 7.97. The van der Waals surface area contributed by atoms with Gasteiger partial charge in [0.2, 0.25) is 0 Å². The molecule has 156 valence electrons. The fourth-order valence-corrected chi connectivity index (χ4v) is 4.76. The van der Waals surface area contributed by atoms with E-state index in [0.29, 0.717) is 19.1 Å².